The van der Waals surface area contributed by atoms with Gasteiger partial charge in [0.15, 0.2) is 0 Å². The molecule has 138 valence electrons. The van der Waals surface area contributed by atoms with Crippen molar-refractivity contribution in [2.45, 2.75) is 6.92 Å². The molecular formula is C21H19FN2O2S. The van der Waals surface area contributed by atoms with Crippen molar-refractivity contribution >= 4 is 45.7 Å². The van der Waals surface area contributed by atoms with E-state index < -0.39 is 0 Å². The smallest absolute Gasteiger partial charge is 0.234 e. The molecule has 0 aromatic heterocycles. The Balaban J connectivity index is 1.49. The highest BCUT2D eigenvalue weighted by molar-refractivity contribution is 8.00. The second kappa shape index (κ2) is 8.68. The maximum Gasteiger partial charge on any atom is 0.234 e. The lowest BCUT2D eigenvalue weighted by atomic mass is 10.1. The van der Waals surface area contributed by atoms with Gasteiger partial charge in [-0.15, -0.1) is 11.8 Å². The molecule has 3 aromatic rings. The highest BCUT2D eigenvalue weighted by Gasteiger charge is 2.09. The summed E-state index contributed by atoms with van der Waals surface area (Å²) in [4.78, 5) is 24.1. The van der Waals surface area contributed by atoms with E-state index in [9.17, 15) is 14.0 Å². The number of anilines is 2. The number of nitrogens with one attached hydrogen (secondary N) is 2. The van der Waals surface area contributed by atoms with Crippen LogP contribution >= 0.6 is 11.8 Å². The Bertz CT molecular complexity index is 986. The van der Waals surface area contributed by atoms with Gasteiger partial charge in [-0.2, -0.15) is 0 Å². The third-order valence-corrected chi connectivity index (χ3v) is 4.92. The molecule has 0 aliphatic heterocycles. The molecule has 0 radical (unpaired) electrons. The van der Waals surface area contributed by atoms with Crippen LogP contribution in [0, 0.1) is 12.7 Å². The molecule has 3 rings (SSSR count). The topological polar surface area (TPSA) is 58.2 Å². The number of benzene rings is 3. The summed E-state index contributed by atoms with van der Waals surface area (Å²) < 4.78 is 13.5. The minimum Gasteiger partial charge on any atom is -0.325 e. The highest BCUT2D eigenvalue weighted by atomic mass is 32.2. The van der Waals surface area contributed by atoms with Gasteiger partial charge in [-0.1, -0.05) is 42.5 Å². The Morgan fingerprint density at radius 1 is 0.926 bits per heavy atom. The van der Waals surface area contributed by atoms with Crippen LogP contribution in [0.15, 0.2) is 60.7 Å². The molecule has 3 aromatic carbocycles. The van der Waals surface area contributed by atoms with E-state index in [0.29, 0.717) is 11.3 Å². The predicted octanol–water partition coefficient (Wildman–Crippen LogP) is 4.60. The van der Waals surface area contributed by atoms with Crippen LogP contribution in [0.1, 0.15) is 5.56 Å². The monoisotopic (exact) mass is 382 g/mol. The summed E-state index contributed by atoms with van der Waals surface area (Å²) in [6.45, 7) is 1.66. The number of hydrogen-bond donors (Lipinski definition) is 2. The molecule has 0 spiro atoms. The van der Waals surface area contributed by atoms with Crippen LogP contribution in [-0.4, -0.2) is 23.3 Å². The molecular weight excluding hydrogens is 363 g/mol. The lowest BCUT2D eigenvalue weighted by molar-refractivity contribution is -0.114. The number of rotatable bonds is 6. The number of hydrogen-bond acceptors (Lipinski definition) is 3. The molecule has 0 atom stereocenters. The fourth-order valence-corrected chi connectivity index (χ4v) is 3.24. The third-order valence-electron chi connectivity index (χ3n) is 3.99. The zero-order valence-corrected chi connectivity index (χ0v) is 15.6. The standard InChI is InChI=1S/C21H19FN2O2S/c1-14-9-10-16(11-18(14)22)23-20(25)12-27-13-21(26)24-19-8-4-6-15-5-2-3-7-17(15)19/h2-11H,12-13H2,1H3,(H,23,25)(H,24,26). The van der Waals surface area contributed by atoms with Crippen LogP contribution in [0.3, 0.4) is 0 Å². The van der Waals surface area contributed by atoms with E-state index in [1.165, 1.54) is 17.8 Å². The predicted molar refractivity (Wildman–Crippen MR) is 110 cm³/mol. The minimum atomic E-state index is -0.366. The summed E-state index contributed by atoms with van der Waals surface area (Å²) in [5.41, 5.74) is 1.68. The van der Waals surface area contributed by atoms with Gasteiger partial charge in [0, 0.05) is 16.8 Å². The van der Waals surface area contributed by atoms with Gasteiger partial charge in [-0.05, 0) is 36.1 Å². The molecule has 27 heavy (non-hydrogen) atoms. The number of amides is 2. The maximum atomic E-state index is 13.5. The van der Waals surface area contributed by atoms with Crippen LogP contribution in [0.25, 0.3) is 10.8 Å². The van der Waals surface area contributed by atoms with Crippen LogP contribution in [0.5, 0.6) is 0 Å². The molecule has 2 amide bonds. The molecule has 0 saturated heterocycles. The first-order valence-electron chi connectivity index (χ1n) is 8.44. The first-order chi connectivity index (χ1) is 13.0. The molecule has 0 aliphatic carbocycles. The van der Waals surface area contributed by atoms with Crippen molar-refractivity contribution in [1.82, 2.24) is 0 Å². The van der Waals surface area contributed by atoms with Crippen molar-refractivity contribution in [2.24, 2.45) is 0 Å². The van der Waals surface area contributed by atoms with Gasteiger partial charge in [0.2, 0.25) is 11.8 Å². The van der Waals surface area contributed by atoms with Crippen molar-refractivity contribution in [3.63, 3.8) is 0 Å². The number of carbonyl (C=O) groups is 2. The van der Waals surface area contributed by atoms with Gasteiger partial charge >= 0.3 is 0 Å². The molecule has 0 fully saturated rings. The average Bonchev–Trinajstić information content (AvgIpc) is 2.65. The van der Waals surface area contributed by atoms with E-state index in [1.54, 1.807) is 19.1 Å². The Morgan fingerprint density at radius 3 is 2.41 bits per heavy atom. The SMILES string of the molecule is Cc1ccc(NC(=O)CSCC(=O)Nc2cccc3ccccc23)cc1F. The van der Waals surface area contributed by atoms with Crippen molar-refractivity contribution in [1.29, 1.82) is 0 Å². The first kappa shape index (κ1) is 18.9. The quantitative estimate of drug-likeness (QED) is 0.655. The summed E-state index contributed by atoms with van der Waals surface area (Å²) in [5.74, 6) is -0.557. The van der Waals surface area contributed by atoms with Gasteiger partial charge in [0.05, 0.1) is 11.5 Å². The zero-order valence-electron chi connectivity index (χ0n) is 14.8. The van der Waals surface area contributed by atoms with Crippen LogP contribution in [0.4, 0.5) is 15.8 Å². The van der Waals surface area contributed by atoms with Crippen LogP contribution in [-0.2, 0) is 9.59 Å². The maximum absolute atomic E-state index is 13.5. The fourth-order valence-electron chi connectivity index (χ4n) is 2.62. The number of fused-ring (bicyclic) bond motifs is 1. The second-order valence-electron chi connectivity index (χ2n) is 6.08. The van der Waals surface area contributed by atoms with Crippen molar-refractivity contribution in [3.05, 3.63) is 72.0 Å². The average molecular weight is 382 g/mol. The Labute approximate surface area is 161 Å². The summed E-state index contributed by atoms with van der Waals surface area (Å²) in [5, 5.41) is 7.53. The van der Waals surface area contributed by atoms with Crippen molar-refractivity contribution in [2.75, 3.05) is 22.1 Å². The highest BCUT2D eigenvalue weighted by Crippen LogP contribution is 2.23. The molecule has 0 heterocycles. The van der Waals surface area contributed by atoms with Crippen LogP contribution in [0.2, 0.25) is 0 Å². The summed E-state index contributed by atoms with van der Waals surface area (Å²) in [6, 6.07) is 18.1. The van der Waals surface area contributed by atoms with Crippen LogP contribution < -0.4 is 10.6 Å². The normalized spacial score (nSPS) is 10.6. The van der Waals surface area contributed by atoms with E-state index >= 15 is 0 Å². The Morgan fingerprint density at radius 2 is 1.63 bits per heavy atom. The van der Waals surface area contributed by atoms with Gasteiger partial charge < -0.3 is 10.6 Å². The summed E-state index contributed by atoms with van der Waals surface area (Å²) >= 11 is 1.20. The first-order valence-corrected chi connectivity index (χ1v) is 9.60. The lowest BCUT2D eigenvalue weighted by Crippen LogP contribution is -2.18. The van der Waals surface area contributed by atoms with Gasteiger partial charge in [0.1, 0.15) is 5.82 Å². The largest absolute Gasteiger partial charge is 0.325 e. The Hall–Kier alpha value is -2.86. The summed E-state index contributed by atoms with van der Waals surface area (Å²) in [6.07, 6.45) is 0. The number of halogens is 1. The van der Waals surface area contributed by atoms with Gasteiger partial charge in [-0.25, -0.2) is 4.39 Å². The molecule has 0 aliphatic rings. The fraction of sp³-hybridized carbons (Fsp3) is 0.143. The molecule has 2 N–H and O–H groups in total. The Kier molecular flexibility index (Phi) is 6.08. The molecule has 0 bridgehead atoms. The molecule has 0 unspecified atom stereocenters. The van der Waals surface area contributed by atoms with E-state index in [-0.39, 0.29) is 29.1 Å². The van der Waals surface area contributed by atoms with Crippen molar-refractivity contribution < 1.29 is 14.0 Å². The lowest BCUT2D eigenvalue weighted by Gasteiger charge is -2.09. The number of carbonyl (C=O) groups excluding carboxylic acids is 2. The molecule has 6 heteroatoms. The van der Waals surface area contributed by atoms with E-state index in [0.717, 1.165) is 16.5 Å². The number of thioether (sulfide) groups is 1. The van der Waals surface area contributed by atoms with E-state index in [1.807, 2.05) is 42.5 Å². The molecule has 4 nitrogen and oxygen atoms in total. The van der Waals surface area contributed by atoms with Crippen molar-refractivity contribution in [3.8, 4) is 0 Å². The number of aryl methyl sites for hydroxylation is 1. The zero-order chi connectivity index (χ0) is 19.2. The molecule has 0 saturated carbocycles. The second-order valence-corrected chi connectivity index (χ2v) is 7.07. The van der Waals surface area contributed by atoms with Gasteiger partial charge in [0.25, 0.3) is 0 Å². The third kappa shape index (κ3) is 5.08. The minimum absolute atomic E-state index is 0.110. The van der Waals surface area contributed by atoms with E-state index in [2.05, 4.69) is 10.6 Å². The van der Waals surface area contributed by atoms with E-state index in [4.69, 9.17) is 0 Å². The van der Waals surface area contributed by atoms with Gasteiger partial charge in [-0.3, -0.25) is 9.59 Å². The summed E-state index contributed by atoms with van der Waals surface area (Å²) in [7, 11) is 0.